The summed E-state index contributed by atoms with van der Waals surface area (Å²) >= 11 is 0. The molecule has 2 aromatic heterocycles. The SMILES string of the molecule is CCc1nn(C)c(Oc2cnc3ccccc3c2)c1N. The predicted molar refractivity (Wildman–Crippen MR) is 78.8 cm³/mol. The van der Waals surface area contributed by atoms with Crippen LogP contribution in [0.15, 0.2) is 36.5 Å². The molecule has 0 unspecified atom stereocenters. The van der Waals surface area contributed by atoms with Crippen LogP contribution in [-0.4, -0.2) is 14.8 Å². The maximum absolute atomic E-state index is 6.05. The van der Waals surface area contributed by atoms with Crippen LogP contribution in [0.2, 0.25) is 0 Å². The molecule has 3 rings (SSSR count). The van der Waals surface area contributed by atoms with Crippen LogP contribution in [0.1, 0.15) is 12.6 Å². The van der Waals surface area contributed by atoms with Gasteiger partial charge in [0.25, 0.3) is 0 Å². The first kappa shape index (κ1) is 12.5. The van der Waals surface area contributed by atoms with Crippen LogP contribution in [0.25, 0.3) is 10.9 Å². The van der Waals surface area contributed by atoms with Gasteiger partial charge in [-0.3, -0.25) is 4.98 Å². The number of nitrogen functional groups attached to an aromatic ring is 1. The standard InChI is InChI=1S/C15H16N4O/c1-3-12-14(16)15(19(2)18-12)20-11-8-10-6-4-5-7-13(10)17-9-11/h4-9H,3,16H2,1-2H3. The molecule has 5 heteroatoms. The highest BCUT2D eigenvalue weighted by molar-refractivity contribution is 5.79. The molecule has 0 bridgehead atoms. The number of nitrogens with zero attached hydrogens (tertiary/aromatic N) is 3. The van der Waals surface area contributed by atoms with Crippen molar-refractivity contribution >= 4 is 16.6 Å². The maximum Gasteiger partial charge on any atom is 0.241 e. The summed E-state index contributed by atoms with van der Waals surface area (Å²) in [5, 5.41) is 5.36. The van der Waals surface area contributed by atoms with Crippen molar-refractivity contribution in [3.8, 4) is 11.6 Å². The molecule has 2 heterocycles. The topological polar surface area (TPSA) is 66.0 Å². The smallest absolute Gasteiger partial charge is 0.241 e. The van der Waals surface area contributed by atoms with Crippen LogP contribution < -0.4 is 10.5 Å². The average Bonchev–Trinajstić information content (AvgIpc) is 2.74. The summed E-state index contributed by atoms with van der Waals surface area (Å²) in [4.78, 5) is 4.37. The van der Waals surface area contributed by atoms with Gasteiger partial charge in [-0.25, -0.2) is 4.68 Å². The molecule has 1 aromatic carbocycles. The fraction of sp³-hybridized carbons (Fsp3) is 0.200. The van der Waals surface area contributed by atoms with E-state index in [1.807, 2.05) is 44.3 Å². The van der Waals surface area contributed by atoms with Gasteiger partial charge in [0.2, 0.25) is 5.88 Å². The molecule has 2 N–H and O–H groups in total. The Balaban J connectivity index is 1.99. The van der Waals surface area contributed by atoms with Crippen molar-refractivity contribution in [3.05, 3.63) is 42.2 Å². The van der Waals surface area contributed by atoms with E-state index in [4.69, 9.17) is 10.5 Å². The normalized spacial score (nSPS) is 10.9. The summed E-state index contributed by atoms with van der Waals surface area (Å²) < 4.78 is 7.50. The number of aromatic nitrogens is 3. The van der Waals surface area contributed by atoms with Crippen LogP contribution in [0, 0.1) is 0 Å². The van der Waals surface area contributed by atoms with Gasteiger partial charge in [0.1, 0.15) is 11.4 Å². The Morgan fingerprint density at radius 1 is 1.30 bits per heavy atom. The van der Waals surface area contributed by atoms with Gasteiger partial charge in [-0.05, 0) is 18.6 Å². The summed E-state index contributed by atoms with van der Waals surface area (Å²) in [6.45, 7) is 2.01. The third-order valence-corrected chi connectivity index (χ3v) is 3.22. The van der Waals surface area contributed by atoms with E-state index in [1.54, 1.807) is 10.9 Å². The molecule has 0 amide bonds. The highest BCUT2D eigenvalue weighted by Gasteiger charge is 2.14. The molecule has 20 heavy (non-hydrogen) atoms. The average molecular weight is 268 g/mol. The minimum Gasteiger partial charge on any atom is -0.436 e. The zero-order valence-corrected chi connectivity index (χ0v) is 11.5. The lowest BCUT2D eigenvalue weighted by atomic mass is 10.2. The first-order valence-corrected chi connectivity index (χ1v) is 6.53. The Kier molecular flexibility index (Phi) is 3.02. The number of ether oxygens (including phenoxy) is 1. The molecule has 3 aromatic rings. The van der Waals surface area contributed by atoms with Crippen LogP contribution in [0.5, 0.6) is 11.6 Å². The van der Waals surface area contributed by atoms with Crippen molar-refractivity contribution in [2.75, 3.05) is 5.73 Å². The third-order valence-electron chi connectivity index (χ3n) is 3.22. The number of nitrogens with two attached hydrogens (primary N) is 1. The van der Waals surface area contributed by atoms with E-state index >= 15 is 0 Å². The quantitative estimate of drug-likeness (QED) is 0.793. The molecule has 0 saturated carbocycles. The van der Waals surface area contributed by atoms with E-state index in [1.165, 1.54) is 0 Å². The minimum atomic E-state index is 0.555. The van der Waals surface area contributed by atoms with E-state index in [0.717, 1.165) is 23.0 Å². The monoisotopic (exact) mass is 268 g/mol. The maximum atomic E-state index is 6.05. The zero-order chi connectivity index (χ0) is 14.1. The number of benzene rings is 1. The van der Waals surface area contributed by atoms with E-state index in [2.05, 4.69) is 10.1 Å². The van der Waals surface area contributed by atoms with E-state index in [0.29, 0.717) is 17.3 Å². The van der Waals surface area contributed by atoms with E-state index in [9.17, 15) is 0 Å². The fourth-order valence-electron chi connectivity index (χ4n) is 2.18. The highest BCUT2D eigenvalue weighted by Crippen LogP contribution is 2.30. The predicted octanol–water partition coefficient (Wildman–Crippen LogP) is 2.91. The van der Waals surface area contributed by atoms with Crippen molar-refractivity contribution in [2.45, 2.75) is 13.3 Å². The van der Waals surface area contributed by atoms with E-state index < -0.39 is 0 Å². The molecule has 0 aliphatic rings. The Morgan fingerprint density at radius 3 is 2.85 bits per heavy atom. The van der Waals surface area contributed by atoms with Gasteiger partial charge in [-0.2, -0.15) is 5.10 Å². The molecule has 0 radical (unpaired) electrons. The second-order valence-electron chi connectivity index (χ2n) is 4.61. The fourth-order valence-corrected chi connectivity index (χ4v) is 2.18. The van der Waals surface area contributed by atoms with Crippen LogP contribution >= 0.6 is 0 Å². The third kappa shape index (κ3) is 2.07. The number of aryl methyl sites for hydroxylation is 2. The Labute approximate surface area is 117 Å². The number of hydrogen-bond donors (Lipinski definition) is 1. The first-order chi connectivity index (χ1) is 9.69. The van der Waals surface area contributed by atoms with Crippen molar-refractivity contribution in [1.29, 1.82) is 0 Å². The van der Waals surface area contributed by atoms with Crippen LogP contribution in [-0.2, 0) is 13.5 Å². The molecule has 0 aliphatic carbocycles. The molecule has 0 saturated heterocycles. The van der Waals surface area contributed by atoms with Crippen molar-refractivity contribution in [3.63, 3.8) is 0 Å². The number of hydrogen-bond acceptors (Lipinski definition) is 4. The number of anilines is 1. The molecule has 0 aliphatic heterocycles. The van der Waals surface area contributed by atoms with Crippen molar-refractivity contribution < 1.29 is 4.74 Å². The van der Waals surface area contributed by atoms with Crippen molar-refractivity contribution in [1.82, 2.24) is 14.8 Å². The second kappa shape index (κ2) is 4.85. The van der Waals surface area contributed by atoms with Gasteiger partial charge in [-0.15, -0.1) is 0 Å². The molecule has 0 atom stereocenters. The molecule has 0 spiro atoms. The van der Waals surface area contributed by atoms with Gasteiger partial charge in [0.05, 0.1) is 17.4 Å². The van der Waals surface area contributed by atoms with Gasteiger partial charge in [0, 0.05) is 12.4 Å². The Bertz CT molecular complexity index is 764. The van der Waals surface area contributed by atoms with Crippen LogP contribution in [0.4, 0.5) is 5.69 Å². The van der Waals surface area contributed by atoms with E-state index in [-0.39, 0.29) is 0 Å². The highest BCUT2D eigenvalue weighted by atomic mass is 16.5. The lowest BCUT2D eigenvalue weighted by Crippen LogP contribution is -1.97. The molecule has 102 valence electrons. The second-order valence-corrected chi connectivity index (χ2v) is 4.61. The number of para-hydroxylation sites is 1. The Hall–Kier alpha value is -2.56. The summed E-state index contributed by atoms with van der Waals surface area (Å²) in [5.41, 5.74) is 8.41. The van der Waals surface area contributed by atoms with Crippen molar-refractivity contribution in [2.24, 2.45) is 7.05 Å². The van der Waals surface area contributed by atoms with Crippen LogP contribution in [0.3, 0.4) is 0 Å². The number of pyridine rings is 1. The summed E-state index contributed by atoms with van der Waals surface area (Å²) in [7, 11) is 1.82. The number of rotatable bonds is 3. The van der Waals surface area contributed by atoms with Gasteiger partial charge in [0.15, 0.2) is 0 Å². The zero-order valence-electron chi connectivity index (χ0n) is 11.5. The first-order valence-electron chi connectivity index (χ1n) is 6.53. The number of fused-ring (bicyclic) bond motifs is 1. The van der Waals surface area contributed by atoms with Gasteiger partial charge in [-0.1, -0.05) is 25.1 Å². The lowest BCUT2D eigenvalue weighted by molar-refractivity contribution is 0.431. The largest absolute Gasteiger partial charge is 0.436 e. The summed E-state index contributed by atoms with van der Waals surface area (Å²) in [5.74, 6) is 1.21. The summed E-state index contributed by atoms with van der Waals surface area (Å²) in [6.07, 6.45) is 2.47. The molecular weight excluding hydrogens is 252 g/mol. The lowest BCUT2D eigenvalue weighted by Gasteiger charge is -2.07. The Morgan fingerprint density at radius 2 is 2.10 bits per heavy atom. The molecule has 0 fully saturated rings. The summed E-state index contributed by atoms with van der Waals surface area (Å²) in [6, 6.07) is 9.84. The van der Waals surface area contributed by atoms with Gasteiger partial charge < -0.3 is 10.5 Å². The van der Waals surface area contributed by atoms with Gasteiger partial charge >= 0.3 is 0 Å². The minimum absolute atomic E-state index is 0.555. The molecule has 5 nitrogen and oxygen atoms in total. The molecular formula is C15H16N4O.